The molecule has 6 heterocycles. The number of piperazine rings is 1. The zero-order valence-corrected chi connectivity index (χ0v) is 23.4. The normalized spacial score (nSPS) is 26.5. The zero-order chi connectivity index (χ0) is 28.0. The van der Waals surface area contributed by atoms with E-state index in [1.165, 1.54) is 12.1 Å². The van der Waals surface area contributed by atoms with Gasteiger partial charge < -0.3 is 25.4 Å². The molecule has 5 fully saturated rings. The average molecular weight is 595 g/mol. The van der Waals surface area contributed by atoms with Gasteiger partial charge in [0.05, 0.1) is 34.6 Å². The highest BCUT2D eigenvalue weighted by Crippen LogP contribution is 2.50. The fourth-order valence-electron chi connectivity index (χ4n) is 7.11. The number of anilines is 2. The van der Waals surface area contributed by atoms with E-state index >= 15 is 4.39 Å². The van der Waals surface area contributed by atoms with Crippen LogP contribution in [-0.4, -0.2) is 54.5 Å². The van der Waals surface area contributed by atoms with Crippen LogP contribution in [0.15, 0.2) is 18.2 Å². The third kappa shape index (κ3) is 3.74. The number of aromatic nitrogens is 2. The molecule has 41 heavy (non-hydrogen) atoms. The lowest BCUT2D eigenvalue weighted by Crippen LogP contribution is -2.52. The summed E-state index contributed by atoms with van der Waals surface area (Å²) < 4.78 is 43.6. The summed E-state index contributed by atoms with van der Waals surface area (Å²) in [7, 11) is 0. The summed E-state index contributed by atoms with van der Waals surface area (Å²) in [6.07, 6.45) is 4.17. The number of ether oxygens (including phenoxy) is 2. The second-order valence-corrected chi connectivity index (χ2v) is 13.1. The maximum absolute atomic E-state index is 16.8. The third-order valence-electron chi connectivity index (χ3n) is 9.12. The molecule has 4 bridgehead atoms. The van der Waals surface area contributed by atoms with Gasteiger partial charge in [0.1, 0.15) is 28.2 Å². The number of benzene rings is 2. The van der Waals surface area contributed by atoms with Crippen molar-refractivity contribution in [3.05, 3.63) is 40.4 Å². The van der Waals surface area contributed by atoms with Gasteiger partial charge in [-0.25, -0.2) is 8.78 Å². The summed E-state index contributed by atoms with van der Waals surface area (Å²) in [6.45, 7) is 2.64. The van der Waals surface area contributed by atoms with Gasteiger partial charge in [0.25, 0.3) is 0 Å². The van der Waals surface area contributed by atoms with Gasteiger partial charge in [-0.2, -0.15) is 15.2 Å². The number of halogens is 3. The Morgan fingerprint density at radius 3 is 2.73 bits per heavy atom. The van der Waals surface area contributed by atoms with Crippen molar-refractivity contribution in [2.75, 3.05) is 36.9 Å². The van der Waals surface area contributed by atoms with Crippen molar-refractivity contribution >= 4 is 54.7 Å². The molecule has 1 aliphatic carbocycles. The minimum Gasteiger partial charge on any atom is -0.463 e. The van der Waals surface area contributed by atoms with E-state index < -0.39 is 11.6 Å². The molecule has 4 aromatic rings. The summed E-state index contributed by atoms with van der Waals surface area (Å²) in [5.74, 6) is -0.627. The molecule has 2 atom stereocenters. The first kappa shape index (κ1) is 25.4. The van der Waals surface area contributed by atoms with E-state index in [-0.39, 0.29) is 65.8 Å². The summed E-state index contributed by atoms with van der Waals surface area (Å²) in [6, 6.07) is 6.91. The van der Waals surface area contributed by atoms with E-state index in [9.17, 15) is 9.65 Å². The molecule has 5 aliphatic rings. The smallest absolute Gasteiger partial charge is 0.319 e. The van der Waals surface area contributed by atoms with Gasteiger partial charge >= 0.3 is 6.01 Å². The predicted molar refractivity (Wildman–Crippen MR) is 153 cm³/mol. The lowest BCUT2D eigenvalue weighted by molar-refractivity contribution is 0.0785. The molecule has 8 nitrogen and oxygen atoms in total. The van der Waals surface area contributed by atoms with Crippen molar-refractivity contribution in [3.63, 3.8) is 0 Å². The topological polar surface area (TPSA) is 109 Å². The summed E-state index contributed by atoms with van der Waals surface area (Å²) in [5.41, 5.74) is 6.46. The molecule has 2 aromatic heterocycles. The van der Waals surface area contributed by atoms with Crippen molar-refractivity contribution < 1.29 is 18.3 Å². The van der Waals surface area contributed by atoms with Crippen molar-refractivity contribution in [1.29, 1.82) is 5.26 Å². The van der Waals surface area contributed by atoms with Crippen molar-refractivity contribution in [1.82, 2.24) is 15.3 Å². The number of fused-ring (bicyclic) bond motifs is 5. The lowest BCUT2D eigenvalue weighted by atomic mass is 9.71. The van der Waals surface area contributed by atoms with Gasteiger partial charge in [0.2, 0.25) is 0 Å². The Labute approximate surface area is 243 Å². The van der Waals surface area contributed by atoms with Gasteiger partial charge in [-0.15, -0.1) is 11.3 Å². The monoisotopic (exact) mass is 594 g/mol. The highest BCUT2D eigenvalue weighted by Gasteiger charge is 2.52. The van der Waals surface area contributed by atoms with Crippen LogP contribution in [0.5, 0.6) is 6.01 Å². The molecule has 0 radical (unpaired) electrons. The number of nitrogens with two attached hydrogens (primary N) is 1. The highest BCUT2D eigenvalue weighted by atomic mass is 35.5. The first-order valence-corrected chi connectivity index (χ1v) is 14.9. The number of nitrogens with zero attached hydrogens (tertiary/aromatic N) is 4. The number of hydrogen-bond acceptors (Lipinski definition) is 9. The van der Waals surface area contributed by atoms with Crippen LogP contribution in [0.4, 0.5) is 19.6 Å². The van der Waals surface area contributed by atoms with E-state index in [2.05, 4.69) is 15.2 Å². The number of nitrogen functional groups attached to an aromatic ring is 1. The summed E-state index contributed by atoms with van der Waals surface area (Å²) in [4.78, 5) is 11.7. The Morgan fingerprint density at radius 2 is 2.02 bits per heavy atom. The van der Waals surface area contributed by atoms with Crippen LogP contribution in [0.2, 0.25) is 5.02 Å². The van der Waals surface area contributed by atoms with Crippen LogP contribution in [0.25, 0.3) is 32.1 Å². The first-order chi connectivity index (χ1) is 19.9. The average Bonchev–Trinajstić information content (AvgIpc) is 3.69. The summed E-state index contributed by atoms with van der Waals surface area (Å²) >= 11 is 7.77. The van der Waals surface area contributed by atoms with E-state index in [1.807, 2.05) is 6.07 Å². The maximum Gasteiger partial charge on any atom is 0.319 e. The molecular formula is C29H25ClF2N6O2S. The Hall–Kier alpha value is -3.30. The number of thiophene rings is 1. The Morgan fingerprint density at radius 1 is 1.24 bits per heavy atom. The number of nitriles is 1. The third-order valence-corrected chi connectivity index (χ3v) is 10.4. The number of nitrogens with one attached hydrogen (secondary N) is 1. The van der Waals surface area contributed by atoms with Crippen LogP contribution in [0.1, 0.15) is 31.2 Å². The Balaban J connectivity index is 1.33. The second-order valence-electron chi connectivity index (χ2n) is 11.6. The van der Waals surface area contributed by atoms with Gasteiger partial charge in [-0.3, -0.25) is 0 Å². The molecule has 12 heteroatoms. The SMILES string of the molecule is N#Cc1c(N)sc2c(F)ccc(-c3c(Cl)cc4c(N5C6CCC5CNC6)nc(OCC56COC(C5)C6)nc4c3F)c12. The molecule has 9 rings (SSSR count). The standard InChI is InChI=1S/C29H25ClF2N6O2S/c30-19-5-17-24(23(32)22(19)16-3-4-20(31)25-21(16)18(8-33)26(34)41-25)36-28(40-12-29-6-15(7-29)39-11-29)37-27(17)38-13-1-2-14(38)10-35-9-13/h3-5,13-15,35H,1-2,6-7,9-12,34H2. The van der Waals surface area contributed by atoms with Gasteiger partial charge in [0, 0.05) is 46.9 Å². The fraction of sp³-hybridized carbons (Fsp3) is 0.414. The minimum atomic E-state index is -0.684. The highest BCUT2D eigenvalue weighted by molar-refractivity contribution is 7.23. The molecule has 2 unspecified atom stereocenters. The Bertz CT molecular complexity index is 1780. The van der Waals surface area contributed by atoms with E-state index in [1.54, 1.807) is 6.07 Å². The van der Waals surface area contributed by atoms with E-state index in [4.69, 9.17) is 31.8 Å². The molecule has 1 saturated carbocycles. The lowest BCUT2D eigenvalue weighted by Gasteiger charge is -2.37. The molecule has 2 aromatic carbocycles. The minimum absolute atomic E-state index is 0.0296. The number of hydrogen-bond donors (Lipinski definition) is 2. The predicted octanol–water partition coefficient (Wildman–Crippen LogP) is 5.40. The first-order valence-electron chi connectivity index (χ1n) is 13.7. The van der Waals surface area contributed by atoms with Crippen LogP contribution in [0, 0.1) is 28.4 Å². The van der Waals surface area contributed by atoms with Crippen LogP contribution < -0.4 is 20.7 Å². The zero-order valence-electron chi connectivity index (χ0n) is 21.8. The second kappa shape index (κ2) is 9.10. The molecule has 4 saturated heterocycles. The quantitative estimate of drug-likeness (QED) is 0.316. The molecule has 4 aliphatic heterocycles. The molecule has 3 N–H and O–H groups in total. The molecule has 210 valence electrons. The Kier molecular flexibility index (Phi) is 5.64. The van der Waals surface area contributed by atoms with Crippen LogP contribution >= 0.6 is 22.9 Å². The van der Waals surface area contributed by atoms with Crippen molar-refractivity contribution in [2.24, 2.45) is 5.41 Å². The maximum atomic E-state index is 16.8. The van der Waals surface area contributed by atoms with Crippen LogP contribution in [0.3, 0.4) is 0 Å². The van der Waals surface area contributed by atoms with E-state index in [0.29, 0.717) is 30.5 Å². The largest absolute Gasteiger partial charge is 0.463 e. The van der Waals surface area contributed by atoms with Crippen LogP contribution in [-0.2, 0) is 4.74 Å². The fourth-order valence-corrected chi connectivity index (χ4v) is 8.36. The molecule has 0 spiro atoms. The van der Waals surface area contributed by atoms with Gasteiger partial charge in [0.15, 0.2) is 5.82 Å². The van der Waals surface area contributed by atoms with E-state index in [0.717, 1.165) is 50.1 Å². The number of rotatable bonds is 5. The van der Waals surface area contributed by atoms with Crippen molar-refractivity contribution in [3.8, 4) is 23.2 Å². The molecule has 0 amide bonds. The molecular weight excluding hydrogens is 570 g/mol. The summed E-state index contributed by atoms with van der Waals surface area (Å²) in [5, 5.41) is 14.3. The van der Waals surface area contributed by atoms with Crippen molar-refractivity contribution in [2.45, 2.75) is 43.9 Å². The van der Waals surface area contributed by atoms with Gasteiger partial charge in [-0.1, -0.05) is 17.7 Å². The van der Waals surface area contributed by atoms with Gasteiger partial charge in [-0.05, 0) is 43.4 Å².